The summed E-state index contributed by atoms with van der Waals surface area (Å²) in [7, 11) is 0. The van der Waals surface area contributed by atoms with Crippen LogP contribution in [0.2, 0.25) is 0 Å². The zero-order chi connectivity index (χ0) is 53.5. The Morgan fingerprint density at radius 3 is 2.17 bits per heavy atom. The standard InChI is InChI=1S/C75H69N3/c1-6-9-11-12-17-34-60-44-62(55-30-20-14-21-31-55)49-69-67-46-57(39-41-72(67)77(74(60)69)64-36-24-16-25-37-64)58-40-42-73-68(47-58)70-50-63(56-32-22-15-23-33-56)48-66(53(8-3)27-10-7-2)75(70)78(73)65-38-26-35-59(45-65)71(76)51-61(43-52(4)5)54-28-18-13-19-29-54/h6-14,16-22,24-32,35-52,56,69,74H,1-2,15,23,33-34,76H2,3-5H3/b11-9-,17-12-,27-10-,53-8+,61-43+,71-51-. The van der Waals surface area contributed by atoms with E-state index >= 15 is 0 Å². The van der Waals surface area contributed by atoms with E-state index in [1.807, 2.05) is 18.2 Å². The van der Waals surface area contributed by atoms with Crippen LogP contribution in [-0.4, -0.2) is 10.6 Å². The Bertz CT molecular complexity index is 3820. The Morgan fingerprint density at radius 2 is 1.42 bits per heavy atom. The summed E-state index contributed by atoms with van der Waals surface area (Å²) in [6.07, 6.45) is 37.1. The first-order valence-corrected chi connectivity index (χ1v) is 27.8. The number of benzene rings is 7. The second-order valence-electron chi connectivity index (χ2n) is 21.1. The van der Waals surface area contributed by atoms with Gasteiger partial charge in [-0.2, -0.15) is 0 Å². The van der Waals surface area contributed by atoms with Crippen LogP contribution < -0.4 is 10.6 Å². The zero-order valence-corrected chi connectivity index (χ0v) is 45.3. The van der Waals surface area contributed by atoms with Crippen LogP contribution in [0.3, 0.4) is 0 Å². The monoisotopic (exact) mass is 1010 g/mol. The molecule has 0 bridgehead atoms. The molecule has 3 aliphatic rings. The van der Waals surface area contributed by atoms with E-state index in [4.69, 9.17) is 5.73 Å². The number of hydrogen-bond acceptors (Lipinski definition) is 2. The Kier molecular flexibility index (Phi) is 15.2. The van der Waals surface area contributed by atoms with E-state index in [0.717, 1.165) is 58.4 Å². The molecule has 1 aliphatic heterocycles. The lowest BCUT2D eigenvalue weighted by atomic mass is 9.80. The van der Waals surface area contributed by atoms with E-state index in [2.05, 4.69) is 280 Å². The second-order valence-corrected chi connectivity index (χ2v) is 21.1. The molecule has 0 saturated heterocycles. The van der Waals surface area contributed by atoms with Gasteiger partial charge >= 0.3 is 0 Å². The third kappa shape index (κ3) is 10.4. The minimum absolute atomic E-state index is 0.107. The molecule has 3 atom stereocenters. The summed E-state index contributed by atoms with van der Waals surface area (Å²) < 4.78 is 2.48. The van der Waals surface area contributed by atoms with Gasteiger partial charge in [-0.25, -0.2) is 0 Å². The van der Waals surface area contributed by atoms with Crippen molar-refractivity contribution in [2.24, 2.45) is 11.7 Å². The van der Waals surface area contributed by atoms with Gasteiger partial charge in [-0.15, -0.1) is 0 Å². The highest BCUT2D eigenvalue weighted by Gasteiger charge is 2.42. The van der Waals surface area contributed by atoms with Crippen molar-refractivity contribution in [3.63, 3.8) is 0 Å². The highest BCUT2D eigenvalue weighted by molar-refractivity contribution is 6.14. The van der Waals surface area contributed by atoms with Crippen molar-refractivity contribution >= 4 is 55.6 Å². The molecule has 2 heterocycles. The van der Waals surface area contributed by atoms with Gasteiger partial charge in [-0.3, -0.25) is 0 Å². The minimum atomic E-state index is 0.107. The Balaban J connectivity index is 1.11. The lowest BCUT2D eigenvalue weighted by Gasteiger charge is -2.34. The molecule has 0 fully saturated rings. The molecular formula is C75H69N3. The molecule has 384 valence electrons. The van der Waals surface area contributed by atoms with Crippen molar-refractivity contribution < 1.29 is 0 Å². The van der Waals surface area contributed by atoms with Gasteiger partial charge in [-0.05, 0) is 167 Å². The van der Waals surface area contributed by atoms with E-state index in [1.165, 1.54) is 78.6 Å². The molecule has 3 heteroatoms. The van der Waals surface area contributed by atoms with Crippen LogP contribution in [0.15, 0.2) is 274 Å². The average molecular weight is 1010 g/mol. The van der Waals surface area contributed by atoms with E-state index in [0.29, 0.717) is 11.8 Å². The number of rotatable bonds is 16. The fourth-order valence-electron chi connectivity index (χ4n) is 12.1. The quantitative estimate of drug-likeness (QED) is 0.0773. The van der Waals surface area contributed by atoms with Crippen molar-refractivity contribution in [3.05, 3.63) is 307 Å². The third-order valence-corrected chi connectivity index (χ3v) is 15.6. The number of hydrogen-bond donors (Lipinski definition) is 1. The molecule has 3 nitrogen and oxygen atoms in total. The van der Waals surface area contributed by atoms with Gasteiger partial charge in [0.1, 0.15) is 0 Å². The third-order valence-electron chi connectivity index (χ3n) is 15.6. The predicted octanol–water partition coefficient (Wildman–Crippen LogP) is 19.8. The Morgan fingerprint density at radius 1 is 0.692 bits per heavy atom. The van der Waals surface area contributed by atoms with Gasteiger partial charge in [0.25, 0.3) is 0 Å². The van der Waals surface area contributed by atoms with Crippen LogP contribution in [0.4, 0.5) is 11.4 Å². The highest BCUT2D eigenvalue weighted by atomic mass is 15.2. The van der Waals surface area contributed by atoms with Crippen LogP contribution in [0.1, 0.15) is 91.7 Å². The average Bonchev–Trinajstić information content (AvgIpc) is 4.18. The summed E-state index contributed by atoms with van der Waals surface area (Å²) in [6.45, 7) is 14.5. The summed E-state index contributed by atoms with van der Waals surface area (Å²) >= 11 is 0. The van der Waals surface area contributed by atoms with Crippen LogP contribution >= 0.6 is 0 Å². The number of nitrogens with zero attached hydrogens (tertiary/aromatic N) is 2. The van der Waals surface area contributed by atoms with Crippen LogP contribution in [0.25, 0.3) is 61.0 Å². The van der Waals surface area contributed by atoms with Crippen LogP contribution in [0.5, 0.6) is 0 Å². The van der Waals surface area contributed by atoms with Crippen LogP contribution in [-0.2, 0) is 0 Å². The first-order chi connectivity index (χ1) is 38.3. The van der Waals surface area contributed by atoms with Gasteiger partial charge in [0.05, 0.1) is 17.1 Å². The number of fused-ring (bicyclic) bond motifs is 6. The molecule has 0 radical (unpaired) electrons. The smallest absolute Gasteiger partial charge is 0.0662 e. The van der Waals surface area contributed by atoms with Crippen molar-refractivity contribution in [3.8, 4) is 16.8 Å². The predicted molar refractivity (Wildman–Crippen MR) is 337 cm³/mol. The van der Waals surface area contributed by atoms with Crippen molar-refractivity contribution in [1.82, 2.24) is 4.57 Å². The van der Waals surface area contributed by atoms with Gasteiger partial charge < -0.3 is 15.2 Å². The lowest BCUT2D eigenvalue weighted by molar-refractivity contribution is 0.655. The lowest BCUT2D eigenvalue weighted by Crippen LogP contribution is -2.33. The van der Waals surface area contributed by atoms with Crippen molar-refractivity contribution in [2.75, 3.05) is 4.90 Å². The molecular weight excluding hydrogens is 943 g/mol. The maximum atomic E-state index is 7.16. The summed E-state index contributed by atoms with van der Waals surface area (Å²) in [5.74, 6) is 0.799. The Hall–Kier alpha value is -8.92. The molecule has 78 heavy (non-hydrogen) atoms. The zero-order valence-electron chi connectivity index (χ0n) is 45.3. The summed E-state index contributed by atoms with van der Waals surface area (Å²) in [5.41, 5.74) is 28.2. The second kappa shape index (κ2) is 23.1. The summed E-state index contributed by atoms with van der Waals surface area (Å²) in [5, 5.41) is 2.44. The number of nitrogens with two attached hydrogens (primary N) is 1. The maximum absolute atomic E-state index is 7.16. The first kappa shape index (κ1) is 51.2. The maximum Gasteiger partial charge on any atom is 0.0662 e. The van der Waals surface area contributed by atoms with Crippen molar-refractivity contribution in [1.29, 1.82) is 0 Å². The largest absolute Gasteiger partial charge is 0.398 e. The van der Waals surface area contributed by atoms with E-state index in [1.54, 1.807) is 0 Å². The Labute approximate surface area is 462 Å². The molecule has 2 N–H and O–H groups in total. The molecule has 8 aromatic rings. The number of para-hydroxylation sites is 1. The van der Waals surface area contributed by atoms with E-state index in [-0.39, 0.29) is 12.0 Å². The molecule has 1 aromatic heterocycles. The molecule has 0 amide bonds. The number of allylic oxidation sites excluding steroid dienone is 17. The fraction of sp³-hybridized carbons (Fsp3) is 0.147. The van der Waals surface area contributed by atoms with Crippen LogP contribution in [0, 0.1) is 5.92 Å². The summed E-state index contributed by atoms with van der Waals surface area (Å²) in [6, 6.07) is 60.5. The molecule has 11 rings (SSSR count). The van der Waals surface area contributed by atoms with Gasteiger partial charge in [0.2, 0.25) is 0 Å². The number of aromatic nitrogens is 1. The van der Waals surface area contributed by atoms with E-state index < -0.39 is 0 Å². The molecule has 0 saturated carbocycles. The molecule has 2 aliphatic carbocycles. The topological polar surface area (TPSA) is 34.2 Å². The highest BCUT2D eigenvalue weighted by Crippen LogP contribution is 2.53. The molecule has 0 spiro atoms. The van der Waals surface area contributed by atoms with Gasteiger partial charge in [0.15, 0.2) is 0 Å². The van der Waals surface area contributed by atoms with Gasteiger partial charge in [-0.1, -0.05) is 215 Å². The normalized spacial score (nSPS) is 17.9. The van der Waals surface area contributed by atoms with Crippen molar-refractivity contribution in [2.45, 2.75) is 64.3 Å². The SMILES string of the molecule is C=C/C=C\C=C/CC1=CC(c2ccccc2)=CC2c3cc(-c4ccc5c(c4)c4cc(C6C=CCCC6)cc(C(/C=C\C=C)=C/C)c4n5-c4cccc(/C(N)=C/C(=C\C(C)C)c5ccccc5)c4)ccc3N(c3ccccc3)C12. The van der Waals surface area contributed by atoms with E-state index in [9.17, 15) is 0 Å². The number of anilines is 2. The molecule has 7 aromatic carbocycles. The fourth-order valence-corrected chi connectivity index (χ4v) is 12.1. The first-order valence-electron chi connectivity index (χ1n) is 27.8. The summed E-state index contributed by atoms with van der Waals surface area (Å²) in [4.78, 5) is 2.58. The molecule has 3 unspecified atom stereocenters. The minimum Gasteiger partial charge on any atom is -0.398 e. The van der Waals surface area contributed by atoms with Gasteiger partial charge in [0, 0.05) is 50.9 Å².